The largest absolute Gasteiger partial charge is 0.496 e. The smallest absolute Gasteiger partial charge is 0.217 e. The predicted molar refractivity (Wildman–Crippen MR) is 145 cm³/mol. The lowest BCUT2D eigenvalue weighted by Gasteiger charge is -2.29. The Balaban J connectivity index is 0.000000608. The van der Waals surface area contributed by atoms with E-state index in [1.165, 1.54) is 13.8 Å². The molecule has 8 heteroatoms. The van der Waals surface area contributed by atoms with E-state index in [2.05, 4.69) is 24.5 Å². The maximum Gasteiger partial charge on any atom is 0.217 e. The van der Waals surface area contributed by atoms with Crippen LogP contribution in [0.4, 0.5) is 0 Å². The van der Waals surface area contributed by atoms with Crippen LogP contribution in [0.3, 0.4) is 0 Å². The number of amidine groups is 2. The fourth-order valence-electron chi connectivity index (χ4n) is 3.26. The zero-order valence-corrected chi connectivity index (χ0v) is 23.0. The van der Waals surface area contributed by atoms with Gasteiger partial charge in [-0.1, -0.05) is 32.4 Å². The number of aryl methyl sites for hydroxylation is 1. The van der Waals surface area contributed by atoms with E-state index >= 15 is 0 Å². The van der Waals surface area contributed by atoms with Crippen molar-refractivity contribution in [1.29, 1.82) is 10.8 Å². The van der Waals surface area contributed by atoms with Crippen molar-refractivity contribution >= 4 is 23.9 Å². The van der Waals surface area contributed by atoms with Gasteiger partial charge in [0.1, 0.15) is 23.7 Å². The van der Waals surface area contributed by atoms with Crippen molar-refractivity contribution in [3.8, 4) is 5.75 Å². The lowest BCUT2D eigenvalue weighted by molar-refractivity contribution is -0.119. The Bertz CT molecular complexity index is 806. The van der Waals surface area contributed by atoms with Crippen LogP contribution in [-0.2, 0) is 16.1 Å². The van der Waals surface area contributed by atoms with E-state index in [1.54, 1.807) is 7.11 Å². The summed E-state index contributed by atoms with van der Waals surface area (Å²) >= 11 is 0. The molecule has 0 heterocycles. The first-order valence-corrected chi connectivity index (χ1v) is 12.4. The Morgan fingerprint density at radius 3 is 2.31 bits per heavy atom. The molecule has 4 N–H and O–H groups in total. The Hall–Kier alpha value is -2.74. The summed E-state index contributed by atoms with van der Waals surface area (Å²) < 4.78 is 5.21. The van der Waals surface area contributed by atoms with Crippen LogP contribution in [-0.4, -0.2) is 55.0 Å². The lowest BCUT2D eigenvalue weighted by atomic mass is 10.1. The number of aldehydes is 1. The maximum atomic E-state index is 10.7. The highest BCUT2D eigenvalue weighted by molar-refractivity contribution is 6.01. The molecule has 1 aromatic rings. The number of carbonyl (C=O) groups excluding carboxylic acids is 2. The van der Waals surface area contributed by atoms with Crippen molar-refractivity contribution in [2.24, 2.45) is 5.92 Å². The third kappa shape index (κ3) is 13.7. The molecule has 1 saturated carbocycles. The normalized spacial score (nSPS) is 12.8. The predicted octanol–water partition coefficient (Wildman–Crippen LogP) is 4.68. The Morgan fingerprint density at radius 1 is 1.26 bits per heavy atom. The summed E-state index contributed by atoms with van der Waals surface area (Å²) in [5.41, 5.74) is 2.14. The summed E-state index contributed by atoms with van der Waals surface area (Å²) in [7, 11) is 3.50. The molecule has 1 aliphatic carbocycles. The molecule has 35 heavy (non-hydrogen) atoms. The first kappa shape index (κ1) is 32.3. The molecule has 0 radical (unpaired) electrons. The third-order valence-corrected chi connectivity index (χ3v) is 5.47. The molecular formula is C27H47N5O3. The number of hydrogen-bond acceptors (Lipinski definition) is 6. The summed E-state index contributed by atoms with van der Waals surface area (Å²) in [5.74, 6) is 2.66. The second-order valence-corrected chi connectivity index (χ2v) is 9.19. The van der Waals surface area contributed by atoms with Crippen molar-refractivity contribution in [3.05, 3.63) is 29.3 Å². The van der Waals surface area contributed by atoms with Gasteiger partial charge < -0.3 is 25.1 Å². The Kier molecular flexibility index (Phi) is 16.3. The van der Waals surface area contributed by atoms with Crippen LogP contribution in [0, 0.1) is 23.7 Å². The molecule has 0 bridgehead atoms. The van der Waals surface area contributed by atoms with Crippen LogP contribution < -0.4 is 15.4 Å². The van der Waals surface area contributed by atoms with Gasteiger partial charge in [-0.05, 0) is 64.6 Å². The number of hydrogen-bond donors (Lipinski definition) is 4. The highest BCUT2D eigenvalue weighted by Crippen LogP contribution is 2.28. The summed E-state index contributed by atoms with van der Waals surface area (Å²) in [4.78, 5) is 21.5. The van der Waals surface area contributed by atoms with Crippen molar-refractivity contribution < 1.29 is 14.3 Å². The van der Waals surface area contributed by atoms with E-state index in [9.17, 15) is 4.79 Å². The molecule has 1 atom stereocenters. The molecule has 1 aliphatic rings. The van der Waals surface area contributed by atoms with E-state index in [0.717, 1.165) is 55.3 Å². The molecule has 8 nitrogen and oxygen atoms in total. The molecule has 1 aromatic carbocycles. The average Bonchev–Trinajstić information content (AvgIpc) is 3.63. The fraction of sp³-hybridized carbons (Fsp3) is 0.630. The van der Waals surface area contributed by atoms with Crippen molar-refractivity contribution in [2.75, 3.05) is 14.2 Å². The summed E-state index contributed by atoms with van der Waals surface area (Å²) in [5, 5.41) is 22.2. The van der Waals surface area contributed by atoms with Crippen molar-refractivity contribution in [2.45, 2.75) is 92.3 Å². The maximum absolute atomic E-state index is 10.7. The number of rotatable bonds is 10. The van der Waals surface area contributed by atoms with Gasteiger partial charge in [-0.3, -0.25) is 15.6 Å². The minimum absolute atomic E-state index is 0.0241. The Morgan fingerprint density at radius 2 is 1.86 bits per heavy atom. The number of ether oxygens (including phenoxy) is 1. The zero-order valence-electron chi connectivity index (χ0n) is 23.0. The molecule has 0 unspecified atom stereocenters. The number of amides is 1. The molecule has 2 rings (SSSR count). The van der Waals surface area contributed by atoms with Gasteiger partial charge >= 0.3 is 0 Å². The van der Waals surface area contributed by atoms with E-state index in [-0.39, 0.29) is 11.9 Å². The number of nitrogens with zero attached hydrogens (tertiary/aromatic N) is 1. The number of nitrogens with one attached hydrogen (secondary N) is 4. The van der Waals surface area contributed by atoms with Gasteiger partial charge in [-0.15, -0.1) is 0 Å². The highest BCUT2D eigenvalue weighted by atomic mass is 16.5. The van der Waals surface area contributed by atoms with Gasteiger partial charge in [0.2, 0.25) is 5.91 Å². The van der Waals surface area contributed by atoms with Crippen LogP contribution in [0.5, 0.6) is 5.75 Å². The number of benzene rings is 1. The second-order valence-electron chi connectivity index (χ2n) is 9.19. The molecule has 1 amide bonds. The van der Waals surface area contributed by atoms with Crippen molar-refractivity contribution in [1.82, 2.24) is 15.5 Å². The van der Waals surface area contributed by atoms with Gasteiger partial charge in [-0.2, -0.15) is 0 Å². The molecule has 198 valence electrons. The topological polar surface area (TPSA) is 118 Å². The minimum Gasteiger partial charge on any atom is -0.496 e. The van der Waals surface area contributed by atoms with Crippen LogP contribution in [0.25, 0.3) is 0 Å². The second kappa shape index (κ2) is 17.7. The van der Waals surface area contributed by atoms with Gasteiger partial charge in [0.05, 0.1) is 13.2 Å². The number of methoxy groups -OCH3 is 1. The van der Waals surface area contributed by atoms with Crippen LogP contribution >= 0.6 is 0 Å². The van der Waals surface area contributed by atoms with Gasteiger partial charge in [0.25, 0.3) is 0 Å². The SMILES string of the molecule is CC=O.CN[C@@H](C)C(=N)N(C(=N)CCCC(C)C)C1CC1.COc1cc(C)ccc1CNC(C)=O. The summed E-state index contributed by atoms with van der Waals surface area (Å²) in [6.45, 7) is 11.9. The standard InChI is InChI=1S/C14H28N4.C11H15NO2.C2H4O/c1-10(2)6-5-7-13(15)18(12-8-9-12)14(16)11(3)17-4;1-8-4-5-10(7-12-9(2)13)11(6-8)14-3;1-2-3/h10-12,15-17H,5-9H2,1-4H3;4-6H,7H2,1-3H3,(H,12,13);2H,1H3/t11-;;/m0../s1. The fourth-order valence-corrected chi connectivity index (χ4v) is 3.26. The Labute approximate surface area is 212 Å². The average molecular weight is 490 g/mol. The zero-order chi connectivity index (χ0) is 27.0. The molecule has 0 saturated heterocycles. The number of likely N-dealkylation sites (N-methyl/N-ethyl adjacent to an activating group) is 1. The number of carbonyl (C=O) groups is 2. The van der Waals surface area contributed by atoms with Crippen LogP contribution in [0.15, 0.2) is 18.2 Å². The van der Waals surface area contributed by atoms with Crippen LogP contribution in [0.2, 0.25) is 0 Å². The van der Waals surface area contributed by atoms with Gasteiger partial charge in [-0.25, -0.2) is 0 Å². The molecule has 0 aromatic heterocycles. The molecule has 1 fully saturated rings. The van der Waals surface area contributed by atoms with E-state index in [4.69, 9.17) is 20.3 Å². The third-order valence-electron chi connectivity index (χ3n) is 5.47. The van der Waals surface area contributed by atoms with Crippen LogP contribution in [0.1, 0.15) is 77.8 Å². The first-order valence-electron chi connectivity index (χ1n) is 12.4. The molecule has 0 spiro atoms. The summed E-state index contributed by atoms with van der Waals surface area (Å²) in [6.07, 6.45) is 6.03. The first-order chi connectivity index (χ1) is 16.5. The van der Waals surface area contributed by atoms with E-state index in [1.807, 2.05) is 44.0 Å². The highest BCUT2D eigenvalue weighted by Gasteiger charge is 2.34. The van der Waals surface area contributed by atoms with Gasteiger partial charge in [0, 0.05) is 31.5 Å². The van der Waals surface area contributed by atoms with Crippen molar-refractivity contribution in [3.63, 3.8) is 0 Å². The van der Waals surface area contributed by atoms with Gasteiger partial charge in [0.15, 0.2) is 0 Å². The monoisotopic (exact) mass is 489 g/mol. The quantitative estimate of drug-likeness (QED) is 0.216. The molecule has 0 aliphatic heterocycles. The minimum atomic E-state index is -0.0346. The van der Waals surface area contributed by atoms with E-state index < -0.39 is 0 Å². The molecular weight excluding hydrogens is 442 g/mol. The summed E-state index contributed by atoms with van der Waals surface area (Å²) in [6, 6.07) is 6.36. The van der Waals surface area contributed by atoms with E-state index in [0.29, 0.717) is 30.2 Å². The lowest BCUT2D eigenvalue weighted by Crippen LogP contribution is -2.47.